The van der Waals surface area contributed by atoms with E-state index in [0.717, 1.165) is 6.54 Å². The smallest absolute Gasteiger partial charge is 0.173 e. The lowest BCUT2D eigenvalue weighted by molar-refractivity contribution is 0.189. The van der Waals surface area contributed by atoms with Gasteiger partial charge in [0.1, 0.15) is 5.75 Å². The van der Waals surface area contributed by atoms with Crippen LogP contribution in [0.3, 0.4) is 0 Å². The maximum Gasteiger partial charge on any atom is 0.173 e. The van der Waals surface area contributed by atoms with Crippen molar-refractivity contribution in [2.45, 2.75) is 51.7 Å². The predicted octanol–water partition coefficient (Wildman–Crippen LogP) is 2.55. The molecule has 1 aromatic rings. The molecule has 0 spiro atoms. The number of oxime groups is 1. The van der Waals surface area contributed by atoms with E-state index in [4.69, 9.17) is 15.7 Å². The van der Waals surface area contributed by atoms with E-state index < -0.39 is 0 Å². The molecule has 0 aromatic heterocycles. The van der Waals surface area contributed by atoms with Crippen LogP contribution in [0.4, 0.5) is 0 Å². The zero-order valence-corrected chi connectivity index (χ0v) is 13.0. The van der Waals surface area contributed by atoms with Crippen molar-refractivity contribution >= 4 is 5.84 Å². The molecule has 0 amide bonds. The van der Waals surface area contributed by atoms with Gasteiger partial charge in [0.25, 0.3) is 0 Å². The molecule has 5 nitrogen and oxygen atoms in total. The third-order valence-electron chi connectivity index (χ3n) is 4.44. The van der Waals surface area contributed by atoms with E-state index in [1.165, 1.54) is 24.8 Å². The first-order chi connectivity index (χ1) is 10.1. The van der Waals surface area contributed by atoms with Gasteiger partial charge < -0.3 is 15.7 Å². The Morgan fingerprint density at radius 3 is 2.86 bits per heavy atom. The second kappa shape index (κ2) is 6.80. The highest BCUT2D eigenvalue weighted by Crippen LogP contribution is 2.29. The number of benzene rings is 1. The van der Waals surface area contributed by atoms with Crippen LogP contribution in [0.25, 0.3) is 0 Å². The van der Waals surface area contributed by atoms with E-state index in [0.29, 0.717) is 23.4 Å². The quantitative estimate of drug-likeness (QED) is 0.378. The van der Waals surface area contributed by atoms with Crippen molar-refractivity contribution in [2.75, 3.05) is 7.11 Å². The molecule has 1 aliphatic heterocycles. The fourth-order valence-corrected chi connectivity index (χ4v) is 3.16. The summed E-state index contributed by atoms with van der Waals surface area (Å²) in [5.41, 5.74) is 7.46. The molecule has 1 aliphatic rings. The highest BCUT2D eigenvalue weighted by atomic mass is 16.5. The molecule has 21 heavy (non-hydrogen) atoms. The van der Waals surface area contributed by atoms with Gasteiger partial charge in [-0.1, -0.05) is 18.1 Å². The second-order valence-electron chi connectivity index (χ2n) is 5.68. The zero-order valence-electron chi connectivity index (χ0n) is 13.0. The minimum Gasteiger partial charge on any atom is -0.496 e. The van der Waals surface area contributed by atoms with Gasteiger partial charge in [0.05, 0.1) is 12.7 Å². The Morgan fingerprint density at radius 1 is 1.48 bits per heavy atom. The Bertz CT molecular complexity index is 516. The lowest BCUT2D eigenvalue weighted by atomic mass is 10.1. The second-order valence-corrected chi connectivity index (χ2v) is 5.68. The van der Waals surface area contributed by atoms with Crippen molar-refractivity contribution in [3.63, 3.8) is 0 Å². The zero-order chi connectivity index (χ0) is 15.4. The lowest BCUT2D eigenvalue weighted by Crippen LogP contribution is -2.33. The third kappa shape index (κ3) is 3.29. The van der Waals surface area contributed by atoms with E-state index in [-0.39, 0.29) is 5.84 Å². The summed E-state index contributed by atoms with van der Waals surface area (Å²) >= 11 is 0. The first-order valence-corrected chi connectivity index (χ1v) is 7.51. The molecule has 1 saturated heterocycles. The molecule has 2 atom stereocenters. The van der Waals surface area contributed by atoms with Gasteiger partial charge in [-0.25, -0.2) is 0 Å². The first-order valence-electron chi connectivity index (χ1n) is 7.51. The minimum absolute atomic E-state index is 0.0689. The van der Waals surface area contributed by atoms with Crippen molar-refractivity contribution in [3.8, 4) is 5.75 Å². The number of rotatable bonds is 5. The van der Waals surface area contributed by atoms with Crippen molar-refractivity contribution < 1.29 is 9.94 Å². The number of ether oxygens (including phenoxy) is 1. The molecule has 116 valence electrons. The van der Waals surface area contributed by atoms with Crippen LogP contribution in [0, 0.1) is 0 Å². The SMILES string of the molecule is CCC1CCC(C)N1Cc1ccc(/C(N)=N/O)c(OC)c1. The summed E-state index contributed by atoms with van der Waals surface area (Å²) < 4.78 is 5.36. The Balaban J connectivity index is 2.21. The van der Waals surface area contributed by atoms with Gasteiger partial charge >= 0.3 is 0 Å². The summed E-state index contributed by atoms with van der Waals surface area (Å²) in [5, 5.41) is 11.8. The topological polar surface area (TPSA) is 71.1 Å². The Morgan fingerprint density at radius 2 is 2.24 bits per heavy atom. The van der Waals surface area contributed by atoms with E-state index in [9.17, 15) is 0 Å². The van der Waals surface area contributed by atoms with E-state index in [1.54, 1.807) is 7.11 Å². The molecule has 5 heteroatoms. The number of nitrogens with zero attached hydrogens (tertiary/aromatic N) is 2. The van der Waals surface area contributed by atoms with Crippen LogP contribution >= 0.6 is 0 Å². The summed E-state index contributed by atoms with van der Waals surface area (Å²) in [4.78, 5) is 2.55. The van der Waals surface area contributed by atoms with Gasteiger partial charge in [0.2, 0.25) is 0 Å². The van der Waals surface area contributed by atoms with Crippen LogP contribution in [0.5, 0.6) is 5.75 Å². The Kier molecular flexibility index (Phi) is 5.07. The maximum atomic E-state index is 8.81. The predicted molar refractivity (Wildman–Crippen MR) is 83.8 cm³/mol. The van der Waals surface area contributed by atoms with Crippen molar-refractivity contribution in [1.82, 2.24) is 4.90 Å². The van der Waals surface area contributed by atoms with Gasteiger partial charge in [0, 0.05) is 18.6 Å². The molecule has 2 unspecified atom stereocenters. The third-order valence-corrected chi connectivity index (χ3v) is 4.44. The Labute approximate surface area is 126 Å². The van der Waals surface area contributed by atoms with Crippen LogP contribution in [-0.2, 0) is 6.54 Å². The summed E-state index contributed by atoms with van der Waals surface area (Å²) in [6, 6.07) is 7.13. The molecule has 0 aliphatic carbocycles. The number of methoxy groups -OCH3 is 1. The average molecular weight is 291 g/mol. The fraction of sp³-hybridized carbons (Fsp3) is 0.562. The number of hydrogen-bond acceptors (Lipinski definition) is 4. The fourth-order valence-electron chi connectivity index (χ4n) is 3.16. The van der Waals surface area contributed by atoms with Gasteiger partial charge in [-0.05, 0) is 43.9 Å². The van der Waals surface area contributed by atoms with Crippen LogP contribution in [0.15, 0.2) is 23.4 Å². The number of nitrogens with two attached hydrogens (primary N) is 1. The van der Waals surface area contributed by atoms with E-state index in [2.05, 4.69) is 23.9 Å². The van der Waals surface area contributed by atoms with Gasteiger partial charge in [0.15, 0.2) is 5.84 Å². The summed E-state index contributed by atoms with van der Waals surface area (Å²) in [7, 11) is 1.60. The molecule has 1 fully saturated rings. The van der Waals surface area contributed by atoms with E-state index in [1.807, 2.05) is 18.2 Å². The average Bonchev–Trinajstić information content (AvgIpc) is 2.86. The summed E-state index contributed by atoms with van der Waals surface area (Å²) in [6.07, 6.45) is 3.72. The number of hydrogen-bond donors (Lipinski definition) is 2. The molecular formula is C16H25N3O2. The van der Waals surface area contributed by atoms with Crippen molar-refractivity contribution in [1.29, 1.82) is 0 Å². The van der Waals surface area contributed by atoms with Crippen molar-refractivity contribution in [3.05, 3.63) is 29.3 Å². The first kappa shape index (κ1) is 15.6. The highest BCUT2D eigenvalue weighted by molar-refractivity contribution is 5.99. The van der Waals surface area contributed by atoms with Gasteiger partial charge in [-0.15, -0.1) is 0 Å². The molecule has 0 saturated carbocycles. The summed E-state index contributed by atoms with van der Waals surface area (Å²) in [6.45, 7) is 5.45. The standard InChI is InChI=1S/C16H25N3O2/c1-4-13-7-5-11(2)19(13)10-12-6-8-14(16(17)18-20)15(9-12)21-3/h6,8-9,11,13,20H,4-5,7,10H2,1-3H3,(H2,17,18). The maximum absolute atomic E-state index is 8.81. The molecule has 3 N–H and O–H groups in total. The van der Waals surface area contributed by atoms with Crippen LogP contribution < -0.4 is 10.5 Å². The van der Waals surface area contributed by atoms with Crippen LogP contribution in [0.1, 0.15) is 44.2 Å². The summed E-state index contributed by atoms with van der Waals surface area (Å²) in [5.74, 6) is 0.710. The lowest BCUT2D eigenvalue weighted by Gasteiger charge is -2.28. The highest BCUT2D eigenvalue weighted by Gasteiger charge is 2.29. The van der Waals surface area contributed by atoms with Crippen LogP contribution in [-0.4, -0.2) is 35.1 Å². The van der Waals surface area contributed by atoms with Crippen LogP contribution in [0.2, 0.25) is 0 Å². The molecule has 2 rings (SSSR count). The van der Waals surface area contributed by atoms with Gasteiger partial charge in [-0.3, -0.25) is 4.90 Å². The van der Waals surface area contributed by atoms with E-state index >= 15 is 0 Å². The molecule has 1 aromatic carbocycles. The number of likely N-dealkylation sites (tertiary alicyclic amines) is 1. The Hall–Kier alpha value is -1.75. The van der Waals surface area contributed by atoms with Gasteiger partial charge in [-0.2, -0.15) is 0 Å². The molecule has 0 radical (unpaired) electrons. The normalized spacial score (nSPS) is 23.5. The molecule has 0 bridgehead atoms. The minimum atomic E-state index is 0.0689. The van der Waals surface area contributed by atoms with Crippen molar-refractivity contribution in [2.24, 2.45) is 10.9 Å². The molecular weight excluding hydrogens is 266 g/mol. The number of amidine groups is 1. The largest absolute Gasteiger partial charge is 0.496 e. The monoisotopic (exact) mass is 291 g/mol. The molecule has 1 heterocycles.